The number of fused-ring (bicyclic) bond motifs is 11. The molecule has 4 nitrogen and oxygen atoms in total. The van der Waals surface area contributed by atoms with Crippen LogP contribution in [0.1, 0.15) is 47.4 Å². The molecule has 0 saturated heterocycles. The van der Waals surface area contributed by atoms with Crippen molar-refractivity contribution in [1.29, 1.82) is 0 Å². The molecule has 0 heterocycles. The number of allylic oxidation sites excluding steroid dienone is 8. The van der Waals surface area contributed by atoms with Gasteiger partial charge in [-0.25, -0.2) is 0 Å². The molecule has 2 unspecified atom stereocenters. The number of benzene rings is 6. The molecule has 2 atom stereocenters. The summed E-state index contributed by atoms with van der Waals surface area (Å²) in [4.78, 5) is 0. The Bertz CT molecular complexity index is 2590. The molecule has 0 amide bonds. The molecule has 4 aliphatic carbocycles. The highest BCUT2D eigenvalue weighted by molar-refractivity contribution is 5.95. The van der Waals surface area contributed by atoms with Crippen LogP contribution in [0, 0.1) is 0 Å². The van der Waals surface area contributed by atoms with E-state index in [0.717, 1.165) is 52.3 Å². The second-order valence-electron chi connectivity index (χ2n) is 14.6. The topological polar surface area (TPSA) is 58.9 Å². The van der Waals surface area contributed by atoms with Crippen molar-refractivity contribution in [3.8, 4) is 33.8 Å². The van der Waals surface area contributed by atoms with Gasteiger partial charge in [-0.3, -0.25) is 0 Å². The Morgan fingerprint density at radius 2 is 1.19 bits per heavy atom. The fourth-order valence-corrected chi connectivity index (χ4v) is 9.52. The third-order valence-electron chi connectivity index (χ3n) is 11.8. The minimum atomic E-state index is -0.322. The molecule has 4 heteroatoms. The first-order valence-electron chi connectivity index (χ1n) is 18.8. The first kappa shape index (κ1) is 32.0. The Balaban J connectivity index is 1.13. The fourth-order valence-electron chi connectivity index (χ4n) is 9.52. The molecule has 0 aromatic heterocycles. The van der Waals surface area contributed by atoms with Gasteiger partial charge in [0.1, 0.15) is 24.7 Å². The number of rotatable bonds is 8. The van der Waals surface area contributed by atoms with Crippen LogP contribution in [0.25, 0.3) is 49.4 Å². The van der Waals surface area contributed by atoms with Crippen LogP contribution in [-0.4, -0.2) is 36.6 Å². The largest absolute Gasteiger partial charge is 0.491 e. The molecule has 0 radical (unpaired) electrons. The lowest BCUT2D eigenvalue weighted by Crippen LogP contribution is -2.29. The summed E-state index contributed by atoms with van der Waals surface area (Å²) in [6.45, 7) is 0.575. The summed E-state index contributed by atoms with van der Waals surface area (Å²) in [5, 5.41) is 23.0. The van der Waals surface area contributed by atoms with E-state index in [2.05, 4.69) is 121 Å². The van der Waals surface area contributed by atoms with Gasteiger partial charge < -0.3 is 19.7 Å². The molecule has 10 rings (SSSR count). The van der Waals surface area contributed by atoms with Crippen LogP contribution in [0.15, 0.2) is 151 Å². The smallest absolute Gasteiger partial charge is 0.120 e. The van der Waals surface area contributed by atoms with Gasteiger partial charge in [0.2, 0.25) is 0 Å². The standard InChI is InChI=1S/C49H40O4/c50-21-23-52-39-17-13-33-25-31(9-11-35(33)27-39)37-15-19-43-41-5-1-3-7-45(41)49(47(43)29-37)46-8-4-2-6-42(46)44-20-16-38(30-48(44)49)32-10-12-36-28-40(53-24-22-51)18-14-34(36)26-32/h1-3,6-7,9-20,25-30,41,50-51H,4-5,8,21-24H2. The maximum absolute atomic E-state index is 9.21. The highest BCUT2D eigenvalue weighted by atomic mass is 16.5. The maximum atomic E-state index is 9.21. The highest BCUT2D eigenvalue weighted by Crippen LogP contribution is 2.66. The SMILES string of the molecule is OCCOc1ccc2cc(-c3ccc4c(c3)C3(C5=CC=CCC5c5ccc(-c6ccc7cc(OCCO)ccc7c6)cc53)C3=C4C=CCC3)ccc2c1. The maximum Gasteiger partial charge on any atom is 0.120 e. The van der Waals surface area contributed by atoms with Crippen molar-refractivity contribution in [2.75, 3.05) is 26.4 Å². The van der Waals surface area contributed by atoms with E-state index in [-0.39, 0.29) is 31.8 Å². The lowest BCUT2D eigenvalue weighted by Gasteiger charge is -2.35. The van der Waals surface area contributed by atoms with Gasteiger partial charge in [0, 0.05) is 5.92 Å². The van der Waals surface area contributed by atoms with Gasteiger partial charge in [0.05, 0.1) is 18.6 Å². The summed E-state index contributed by atoms with van der Waals surface area (Å²) in [6, 6.07) is 40.1. The van der Waals surface area contributed by atoms with Crippen molar-refractivity contribution in [3.05, 3.63) is 173 Å². The van der Waals surface area contributed by atoms with E-state index < -0.39 is 0 Å². The van der Waals surface area contributed by atoms with E-state index in [1.54, 1.807) is 0 Å². The lowest BCUT2D eigenvalue weighted by atomic mass is 9.66. The van der Waals surface area contributed by atoms with Gasteiger partial charge in [-0.2, -0.15) is 0 Å². The normalized spacial score (nSPS) is 19.4. The second-order valence-corrected chi connectivity index (χ2v) is 14.6. The van der Waals surface area contributed by atoms with Crippen molar-refractivity contribution in [3.63, 3.8) is 0 Å². The summed E-state index contributed by atoms with van der Waals surface area (Å²) in [6.07, 6.45) is 14.9. The summed E-state index contributed by atoms with van der Waals surface area (Å²) in [5.74, 6) is 1.89. The quantitative estimate of drug-likeness (QED) is 0.167. The van der Waals surface area contributed by atoms with Crippen LogP contribution < -0.4 is 9.47 Å². The minimum absolute atomic E-state index is 0.00129. The Labute approximate surface area is 309 Å². The molecule has 6 aromatic rings. The summed E-state index contributed by atoms with van der Waals surface area (Å²) in [5.41, 5.74) is 14.6. The molecule has 0 saturated carbocycles. The zero-order valence-corrected chi connectivity index (χ0v) is 29.5. The van der Waals surface area contributed by atoms with Crippen LogP contribution in [0.4, 0.5) is 0 Å². The molecular weight excluding hydrogens is 653 g/mol. The number of ether oxygens (including phenoxy) is 2. The monoisotopic (exact) mass is 692 g/mol. The van der Waals surface area contributed by atoms with Gasteiger partial charge in [0.15, 0.2) is 0 Å². The van der Waals surface area contributed by atoms with Gasteiger partial charge in [-0.1, -0.05) is 91.0 Å². The van der Waals surface area contributed by atoms with E-state index >= 15 is 0 Å². The van der Waals surface area contributed by atoms with Crippen LogP contribution in [0.3, 0.4) is 0 Å². The number of hydrogen-bond donors (Lipinski definition) is 2. The average Bonchev–Trinajstić information content (AvgIpc) is 3.68. The van der Waals surface area contributed by atoms with Crippen molar-refractivity contribution < 1.29 is 19.7 Å². The molecule has 1 spiro atoms. The zero-order chi connectivity index (χ0) is 35.5. The zero-order valence-electron chi connectivity index (χ0n) is 29.5. The van der Waals surface area contributed by atoms with E-state index in [1.165, 1.54) is 61.2 Å². The first-order valence-corrected chi connectivity index (χ1v) is 18.8. The third-order valence-corrected chi connectivity index (χ3v) is 11.8. The van der Waals surface area contributed by atoms with Crippen molar-refractivity contribution in [1.82, 2.24) is 0 Å². The Morgan fingerprint density at radius 3 is 1.87 bits per heavy atom. The van der Waals surface area contributed by atoms with Crippen LogP contribution in [0.2, 0.25) is 0 Å². The Morgan fingerprint density at radius 1 is 0.604 bits per heavy atom. The molecule has 260 valence electrons. The highest BCUT2D eigenvalue weighted by Gasteiger charge is 2.55. The number of hydrogen-bond acceptors (Lipinski definition) is 4. The predicted octanol–water partition coefficient (Wildman–Crippen LogP) is 10.5. The average molecular weight is 693 g/mol. The van der Waals surface area contributed by atoms with E-state index in [9.17, 15) is 10.2 Å². The third kappa shape index (κ3) is 5.04. The van der Waals surface area contributed by atoms with Crippen molar-refractivity contribution in [2.24, 2.45) is 0 Å². The van der Waals surface area contributed by atoms with Gasteiger partial charge >= 0.3 is 0 Å². The van der Waals surface area contributed by atoms with Crippen LogP contribution >= 0.6 is 0 Å². The minimum Gasteiger partial charge on any atom is -0.491 e. The van der Waals surface area contributed by atoms with Gasteiger partial charge in [0.25, 0.3) is 0 Å². The molecule has 4 aliphatic rings. The van der Waals surface area contributed by atoms with Gasteiger partial charge in [-0.15, -0.1) is 0 Å². The number of aliphatic hydroxyl groups excluding tert-OH is 2. The molecular formula is C49H40O4. The molecule has 0 fully saturated rings. The molecule has 2 N–H and O–H groups in total. The molecule has 0 aliphatic heterocycles. The second kappa shape index (κ2) is 12.8. The Hall–Kier alpha value is -5.68. The molecule has 0 bridgehead atoms. The number of aliphatic hydroxyl groups is 2. The Kier molecular flexibility index (Phi) is 7.71. The summed E-state index contributed by atoms with van der Waals surface area (Å²) in [7, 11) is 0. The van der Waals surface area contributed by atoms with E-state index in [4.69, 9.17) is 9.47 Å². The fraction of sp³-hybridized carbons (Fsp3) is 0.184. The lowest BCUT2D eigenvalue weighted by molar-refractivity contribution is 0.201. The van der Waals surface area contributed by atoms with Crippen LogP contribution in [0.5, 0.6) is 11.5 Å². The van der Waals surface area contributed by atoms with E-state index in [1.807, 2.05) is 18.2 Å². The van der Waals surface area contributed by atoms with Gasteiger partial charge in [-0.05, 0) is 151 Å². The predicted molar refractivity (Wildman–Crippen MR) is 215 cm³/mol. The molecule has 53 heavy (non-hydrogen) atoms. The summed E-state index contributed by atoms with van der Waals surface area (Å²) >= 11 is 0. The van der Waals surface area contributed by atoms with Crippen molar-refractivity contribution in [2.45, 2.75) is 30.6 Å². The van der Waals surface area contributed by atoms with E-state index in [0.29, 0.717) is 5.92 Å². The van der Waals surface area contributed by atoms with Crippen LogP contribution in [-0.2, 0) is 5.41 Å². The molecule has 6 aromatic carbocycles. The van der Waals surface area contributed by atoms with Crippen molar-refractivity contribution >= 4 is 27.1 Å². The first-order chi connectivity index (χ1) is 26.1. The summed E-state index contributed by atoms with van der Waals surface area (Å²) < 4.78 is 11.4.